The number of rotatable bonds is 4. The molecular weight excluding hydrogens is 276 g/mol. The van der Waals surface area contributed by atoms with Gasteiger partial charge in [0.1, 0.15) is 17.3 Å². The van der Waals surface area contributed by atoms with Crippen LogP contribution in [0.25, 0.3) is 0 Å². The largest absolute Gasteiger partial charge is 0.487 e. The van der Waals surface area contributed by atoms with E-state index in [9.17, 15) is 9.59 Å². The van der Waals surface area contributed by atoms with E-state index >= 15 is 0 Å². The zero-order chi connectivity index (χ0) is 14.7. The Morgan fingerprint density at radius 1 is 1.30 bits per heavy atom. The summed E-state index contributed by atoms with van der Waals surface area (Å²) < 4.78 is 5.33. The SMILES string of the molecule is CC1CC(=O)N(c2ccc(OCC(N)=S)cc2)C(=O)C1. The number of imide groups is 1. The van der Waals surface area contributed by atoms with E-state index in [2.05, 4.69) is 0 Å². The summed E-state index contributed by atoms with van der Waals surface area (Å²) in [6.45, 7) is 2.06. The van der Waals surface area contributed by atoms with Crippen molar-refractivity contribution in [2.75, 3.05) is 11.5 Å². The molecule has 1 fully saturated rings. The summed E-state index contributed by atoms with van der Waals surface area (Å²) in [4.78, 5) is 25.4. The lowest BCUT2D eigenvalue weighted by molar-refractivity contribution is -0.130. The standard InChI is InChI=1S/C14H16N2O3S/c1-9-6-13(17)16(14(18)7-9)10-2-4-11(5-3-10)19-8-12(15)20/h2-5,9H,6-8H2,1H3,(H2,15,20). The number of hydrogen-bond donors (Lipinski definition) is 1. The molecule has 0 atom stereocenters. The summed E-state index contributed by atoms with van der Waals surface area (Å²) in [5.74, 6) is 0.377. The fourth-order valence-electron chi connectivity index (χ4n) is 2.12. The van der Waals surface area contributed by atoms with Crippen LogP contribution >= 0.6 is 12.2 Å². The Labute approximate surface area is 122 Å². The topological polar surface area (TPSA) is 72.6 Å². The van der Waals surface area contributed by atoms with Gasteiger partial charge in [-0.1, -0.05) is 19.1 Å². The van der Waals surface area contributed by atoms with Crippen molar-refractivity contribution in [3.63, 3.8) is 0 Å². The van der Waals surface area contributed by atoms with Gasteiger partial charge in [0.15, 0.2) is 0 Å². The van der Waals surface area contributed by atoms with Crippen molar-refractivity contribution in [3.8, 4) is 5.75 Å². The van der Waals surface area contributed by atoms with Gasteiger partial charge in [0, 0.05) is 12.8 Å². The van der Waals surface area contributed by atoms with Crippen LogP contribution in [0.2, 0.25) is 0 Å². The third-order valence-corrected chi connectivity index (χ3v) is 3.14. The van der Waals surface area contributed by atoms with E-state index in [1.807, 2.05) is 6.92 Å². The molecule has 0 radical (unpaired) electrons. The third-order valence-electron chi connectivity index (χ3n) is 3.02. The normalized spacial score (nSPS) is 16.4. The van der Waals surface area contributed by atoms with Gasteiger partial charge in [0.2, 0.25) is 11.8 Å². The van der Waals surface area contributed by atoms with Crippen molar-refractivity contribution >= 4 is 34.7 Å². The summed E-state index contributed by atoms with van der Waals surface area (Å²) in [5.41, 5.74) is 5.91. The zero-order valence-corrected chi connectivity index (χ0v) is 12.0. The van der Waals surface area contributed by atoms with E-state index in [1.165, 1.54) is 4.90 Å². The van der Waals surface area contributed by atoms with Crippen LogP contribution in [-0.4, -0.2) is 23.4 Å². The molecule has 0 bridgehead atoms. The average molecular weight is 292 g/mol. The van der Waals surface area contributed by atoms with Crippen LogP contribution in [0, 0.1) is 5.92 Å². The molecule has 1 heterocycles. The maximum absolute atomic E-state index is 12.0. The molecule has 0 spiro atoms. The van der Waals surface area contributed by atoms with Crippen LogP contribution in [0.3, 0.4) is 0 Å². The lowest BCUT2D eigenvalue weighted by Gasteiger charge is -2.28. The molecule has 1 aliphatic rings. The van der Waals surface area contributed by atoms with E-state index < -0.39 is 0 Å². The first-order chi connectivity index (χ1) is 9.47. The van der Waals surface area contributed by atoms with Crippen molar-refractivity contribution < 1.29 is 14.3 Å². The Morgan fingerprint density at radius 3 is 2.35 bits per heavy atom. The first-order valence-corrected chi connectivity index (χ1v) is 6.75. The second kappa shape index (κ2) is 6.00. The van der Waals surface area contributed by atoms with Crippen LogP contribution < -0.4 is 15.4 Å². The number of nitrogens with zero attached hydrogens (tertiary/aromatic N) is 1. The fraction of sp³-hybridized carbons (Fsp3) is 0.357. The van der Waals surface area contributed by atoms with E-state index in [4.69, 9.17) is 22.7 Å². The molecule has 1 aromatic rings. The predicted octanol–water partition coefficient (Wildman–Crippen LogP) is 1.64. The number of ether oxygens (including phenoxy) is 1. The highest BCUT2D eigenvalue weighted by Crippen LogP contribution is 2.26. The number of amides is 2. The monoisotopic (exact) mass is 292 g/mol. The van der Waals surface area contributed by atoms with Gasteiger partial charge >= 0.3 is 0 Å². The number of benzene rings is 1. The van der Waals surface area contributed by atoms with Crippen LogP contribution in [-0.2, 0) is 9.59 Å². The molecule has 1 saturated heterocycles. The highest BCUT2D eigenvalue weighted by Gasteiger charge is 2.31. The summed E-state index contributed by atoms with van der Waals surface area (Å²) >= 11 is 4.72. The molecule has 6 heteroatoms. The second-order valence-electron chi connectivity index (χ2n) is 4.89. The highest BCUT2D eigenvalue weighted by atomic mass is 32.1. The minimum absolute atomic E-state index is 0.111. The van der Waals surface area contributed by atoms with Crippen molar-refractivity contribution in [1.82, 2.24) is 0 Å². The van der Waals surface area contributed by atoms with Gasteiger partial charge in [-0.3, -0.25) is 14.5 Å². The lowest BCUT2D eigenvalue weighted by atomic mass is 9.97. The smallest absolute Gasteiger partial charge is 0.234 e. The molecule has 2 amide bonds. The van der Waals surface area contributed by atoms with E-state index in [0.29, 0.717) is 24.3 Å². The Morgan fingerprint density at radius 2 is 1.85 bits per heavy atom. The summed E-state index contributed by atoms with van der Waals surface area (Å²) in [7, 11) is 0. The number of nitrogens with two attached hydrogens (primary N) is 1. The highest BCUT2D eigenvalue weighted by molar-refractivity contribution is 7.80. The Balaban J connectivity index is 2.11. The van der Waals surface area contributed by atoms with Gasteiger partial charge in [0.25, 0.3) is 0 Å². The van der Waals surface area contributed by atoms with E-state index in [-0.39, 0.29) is 29.3 Å². The Bertz CT molecular complexity index is 524. The van der Waals surface area contributed by atoms with Gasteiger partial charge in [0.05, 0.1) is 5.69 Å². The van der Waals surface area contributed by atoms with Crippen LogP contribution in [0.15, 0.2) is 24.3 Å². The molecule has 0 aliphatic carbocycles. The fourth-order valence-corrected chi connectivity index (χ4v) is 2.18. The van der Waals surface area contributed by atoms with E-state index in [0.717, 1.165) is 0 Å². The zero-order valence-electron chi connectivity index (χ0n) is 11.2. The molecule has 1 aliphatic heterocycles. The molecule has 2 N–H and O–H groups in total. The Kier molecular flexibility index (Phi) is 4.34. The molecule has 0 saturated carbocycles. The van der Waals surface area contributed by atoms with E-state index in [1.54, 1.807) is 24.3 Å². The molecule has 0 unspecified atom stereocenters. The van der Waals surface area contributed by atoms with Crippen molar-refractivity contribution in [2.24, 2.45) is 11.7 Å². The van der Waals surface area contributed by atoms with Crippen LogP contribution in [0.1, 0.15) is 19.8 Å². The molecule has 5 nitrogen and oxygen atoms in total. The molecule has 106 valence electrons. The predicted molar refractivity (Wildman–Crippen MR) is 79.6 cm³/mol. The van der Waals surface area contributed by atoms with Gasteiger partial charge in [-0.2, -0.15) is 0 Å². The number of piperidine rings is 1. The van der Waals surface area contributed by atoms with Gasteiger partial charge < -0.3 is 10.5 Å². The quantitative estimate of drug-likeness (QED) is 0.674. The minimum atomic E-state index is -0.162. The minimum Gasteiger partial charge on any atom is -0.487 e. The summed E-state index contributed by atoms with van der Waals surface area (Å²) in [6.07, 6.45) is 0.789. The number of carbonyl (C=O) groups is 2. The molecule has 0 aromatic heterocycles. The van der Waals surface area contributed by atoms with Crippen molar-refractivity contribution in [1.29, 1.82) is 0 Å². The maximum Gasteiger partial charge on any atom is 0.234 e. The molecule has 2 rings (SSSR count). The summed E-state index contributed by atoms with van der Waals surface area (Å²) in [6, 6.07) is 6.74. The third kappa shape index (κ3) is 3.33. The van der Waals surface area contributed by atoms with Crippen molar-refractivity contribution in [2.45, 2.75) is 19.8 Å². The lowest BCUT2D eigenvalue weighted by Crippen LogP contribution is -2.42. The molecule has 20 heavy (non-hydrogen) atoms. The first kappa shape index (κ1) is 14.5. The number of anilines is 1. The molecular formula is C14H16N2O3S. The number of hydrogen-bond acceptors (Lipinski definition) is 4. The van der Waals surface area contributed by atoms with Crippen LogP contribution in [0.4, 0.5) is 5.69 Å². The first-order valence-electron chi connectivity index (χ1n) is 6.34. The number of thiocarbonyl (C=S) groups is 1. The van der Waals surface area contributed by atoms with Crippen LogP contribution in [0.5, 0.6) is 5.75 Å². The van der Waals surface area contributed by atoms with Gasteiger partial charge in [-0.05, 0) is 30.2 Å². The molecule has 1 aromatic carbocycles. The second-order valence-corrected chi connectivity index (χ2v) is 5.41. The van der Waals surface area contributed by atoms with Gasteiger partial charge in [-0.25, -0.2) is 0 Å². The van der Waals surface area contributed by atoms with Crippen molar-refractivity contribution in [3.05, 3.63) is 24.3 Å². The number of carbonyl (C=O) groups excluding carboxylic acids is 2. The Hall–Kier alpha value is -1.95. The summed E-state index contributed by atoms with van der Waals surface area (Å²) in [5, 5.41) is 0. The average Bonchev–Trinajstić information content (AvgIpc) is 2.36. The maximum atomic E-state index is 12.0. The van der Waals surface area contributed by atoms with Gasteiger partial charge in [-0.15, -0.1) is 0 Å².